The maximum absolute atomic E-state index is 12.7. The molecule has 0 fully saturated rings. The van der Waals surface area contributed by atoms with E-state index in [9.17, 15) is 13.2 Å². The fourth-order valence-electron chi connectivity index (χ4n) is 2.46. The molecule has 0 unspecified atom stereocenters. The van der Waals surface area contributed by atoms with Crippen molar-refractivity contribution in [2.45, 2.75) is 57.6 Å². The lowest BCUT2D eigenvalue weighted by molar-refractivity contribution is -0.117. The number of hydrogen-bond donors (Lipinski definition) is 1. The van der Waals surface area contributed by atoms with Gasteiger partial charge >= 0.3 is 0 Å². The lowest BCUT2D eigenvalue weighted by atomic mass is 9.93. The van der Waals surface area contributed by atoms with Crippen molar-refractivity contribution in [1.29, 1.82) is 0 Å². The van der Waals surface area contributed by atoms with E-state index in [0.29, 0.717) is 18.6 Å². The molecule has 7 heteroatoms. The average Bonchev–Trinajstić information content (AvgIpc) is 3.04. The van der Waals surface area contributed by atoms with E-state index < -0.39 is 20.5 Å². The first-order chi connectivity index (χ1) is 12.4. The van der Waals surface area contributed by atoms with Crippen LogP contribution in [0.1, 0.15) is 52.4 Å². The summed E-state index contributed by atoms with van der Waals surface area (Å²) in [6, 6.07) is 11.3. The summed E-state index contributed by atoms with van der Waals surface area (Å²) in [7, 11) is -3.64. The van der Waals surface area contributed by atoms with Crippen LogP contribution < -0.4 is 5.32 Å². The van der Waals surface area contributed by atoms with Gasteiger partial charge in [0.05, 0.1) is 5.75 Å². The minimum Gasteiger partial charge on any atom is -0.359 e. The number of nitrogens with zero attached hydrogens (tertiary/aromatic N) is 1. The quantitative estimate of drug-likeness (QED) is 0.775. The first kappa shape index (κ1) is 21.2. The zero-order valence-electron chi connectivity index (χ0n) is 16.6. The molecule has 0 bridgehead atoms. The Kier molecular flexibility index (Phi) is 6.14. The number of aromatic nitrogens is 1. The van der Waals surface area contributed by atoms with E-state index >= 15 is 0 Å². The van der Waals surface area contributed by atoms with Gasteiger partial charge in [-0.3, -0.25) is 4.79 Å². The number of sulfone groups is 1. The highest BCUT2D eigenvalue weighted by Gasteiger charge is 2.41. The Hall–Kier alpha value is -2.15. The van der Waals surface area contributed by atoms with Gasteiger partial charge in [-0.15, -0.1) is 0 Å². The second-order valence-corrected chi connectivity index (χ2v) is 10.9. The molecule has 2 rings (SSSR count). The summed E-state index contributed by atoms with van der Waals surface area (Å²) in [6.07, 6.45) is 1.11. The molecule has 0 aliphatic carbocycles. The van der Waals surface area contributed by atoms with Crippen LogP contribution in [0.2, 0.25) is 0 Å². The molecule has 0 aliphatic rings. The molecular formula is C20H28N2O4S. The smallest absolute Gasteiger partial charge is 0.246 e. The lowest BCUT2D eigenvalue weighted by Gasteiger charge is -2.23. The summed E-state index contributed by atoms with van der Waals surface area (Å²) in [4.78, 5) is 12.6. The molecule has 1 amide bonds. The molecule has 1 aromatic heterocycles. The van der Waals surface area contributed by atoms with E-state index in [1.165, 1.54) is 13.8 Å². The molecule has 27 heavy (non-hydrogen) atoms. The molecule has 0 saturated heterocycles. The summed E-state index contributed by atoms with van der Waals surface area (Å²) >= 11 is 0. The minimum absolute atomic E-state index is 0.0611. The highest BCUT2D eigenvalue weighted by molar-refractivity contribution is 7.93. The highest BCUT2D eigenvalue weighted by Crippen LogP contribution is 2.26. The second-order valence-electron chi connectivity index (χ2n) is 8.20. The van der Waals surface area contributed by atoms with Gasteiger partial charge in [0.1, 0.15) is 10.5 Å². The van der Waals surface area contributed by atoms with Gasteiger partial charge in [-0.1, -0.05) is 56.3 Å². The van der Waals surface area contributed by atoms with E-state index in [1.54, 1.807) is 6.07 Å². The van der Waals surface area contributed by atoms with Crippen LogP contribution in [0, 0.1) is 0 Å². The Balaban J connectivity index is 2.01. The third-order valence-electron chi connectivity index (χ3n) is 4.54. The maximum Gasteiger partial charge on any atom is 0.246 e. The van der Waals surface area contributed by atoms with Crippen molar-refractivity contribution in [1.82, 2.24) is 5.16 Å². The fraction of sp³-hybridized carbons (Fsp3) is 0.500. The topological polar surface area (TPSA) is 89.3 Å². The van der Waals surface area contributed by atoms with Gasteiger partial charge in [0.25, 0.3) is 0 Å². The summed E-state index contributed by atoms with van der Waals surface area (Å²) in [5.41, 5.74) is 0.821. The Bertz CT molecular complexity index is 878. The molecule has 0 spiro atoms. The Morgan fingerprint density at radius 3 is 2.30 bits per heavy atom. The van der Waals surface area contributed by atoms with Crippen molar-refractivity contribution in [3.8, 4) is 0 Å². The maximum atomic E-state index is 12.7. The molecule has 6 nitrogen and oxygen atoms in total. The van der Waals surface area contributed by atoms with Gasteiger partial charge in [0.15, 0.2) is 15.7 Å². The van der Waals surface area contributed by atoms with E-state index in [4.69, 9.17) is 4.52 Å². The van der Waals surface area contributed by atoms with Crippen molar-refractivity contribution in [2.24, 2.45) is 0 Å². The Morgan fingerprint density at radius 2 is 1.74 bits per heavy atom. The molecule has 1 N–H and O–H groups in total. The van der Waals surface area contributed by atoms with Crippen molar-refractivity contribution in [3.05, 3.63) is 47.7 Å². The first-order valence-corrected chi connectivity index (χ1v) is 10.6. The number of rotatable bonds is 7. The van der Waals surface area contributed by atoms with Crippen LogP contribution in [0.4, 0.5) is 5.82 Å². The van der Waals surface area contributed by atoms with Crippen LogP contribution in [0.15, 0.2) is 40.9 Å². The van der Waals surface area contributed by atoms with Gasteiger partial charge in [-0.25, -0.2) is 8.42 Å². The summed E-state index contributed by atoms with van der Waals surface area (Å²) in [5, 5.41) is 6.38. The lowest BCUT2D eigenvalue weighted by Crippen LogP contribution is -2.45. The van der Waals surface area contributed by atoms with Crippen molar-refractivity contribution in [3.63, 3.8) is 0 Å². The number of amides is 1. The second kappa shape index (κ2) is 7.84. The minimum atomic E-state index is -3.64. The van der Waals surface area contributed by atoms with E-state index in [1.807, 2.05) is 51.1 Å². The van der Waals surface area contributed by atoms with Gasteiger partial charge in [0, 0.05) is 11.5 Å². The standard InChI is InChI=1S/C20H28N2O4S/c1-19(2,3)16-14-17(22-26-16)21-18(23)20(4,5)27(24,25)13-9-12-15-10-7-6-8-11-15/h6-8,10-11,14H,9,12-13H2,1-5H3,(H,21,22,23). The van der Waals surface area contributed by atoms with Gasteiger partial charge in [0.2, 0.25) is 5.91 Å². The van der Waals surface area contributed by atoms with Crippen molar-refractivity contribution >= 4 is 21.6 Å². The fourth-order valence-corrected chi connectivity index (χ4v) is 3.83. The highest BCUT2D eigenvalue weighted by atomic mass is 32.2. The van der Waals surface area contributed by atoms with Crippen LogP contribution in [-0.2, 0) is 26.5 Å². The molecule has 0 radical (unpaired) electrons. The Labute approximate surface area is 161 Å². The van der Waals surface area contributed by atoms with Crippen LogP contribution in [0.25, 0.3) is 0 Å². The number of benzene rings is 1. The molecule has 1 heterocycles. The first-order valence-electron chi connectivity index (χ1n) is 8.98. The summed E-state index contributed by atoms with van der Waals surface area (Å²) < 4.78 is 29.1. The number of aryl methyl sites for hydroxylation is 1. The van der Waals surface area contributed by atoms with Crippen LogP contribution in [0.3, 0.4) is 0 Å². The summed E-state index contributed by atoms with van der Waals surface area (Å²) in [5.74, 6) is 0.156. The predicted octanol–water partition coefficient (Wildman–Crippen LogP) is 3.74. The normalized spacial score (nSPS) is 12.8. The average molecular weight is 393 g/mol. The number of anilines is 1. The predicted molar refractivity (Wildman–Crippen MR) is 106 cm³/mol. The van der Waals surface area contributed by atoms with Crippen molar-refractivity contribution < 1.29 is 17.7 Å². The summed E-state index contributed by atoms with van der Waals surface area (Å²) in [6.45, 7) is 8.72. The molecule has 2 aromatic rings. The largest absolute Gasteiger partial charge is 0.359 e. The van der Waals surface area contributed by atoms with Crippen LogP contribution in [0.5, 0.6) is 0 Å². The molecular weight excluding hydrogens is 364 g/mol. The monoisotopic (exact) mass is 392 g/mol. The Morgan fingerprint density at radius 1 is 1.11 bits per heavy atom. The SMILES string of the molecule is CC(C)(C)c1cc(NC(=O)C(C)(C)S(=O)(=O)CCCc2ccccc2)no1. The van der Waals surface area contributed by atoms with E-state index in [2.05, 4.69) is 10.5 Å². The number of hydrogen-bond acceptors (Lipinski definition) is 5. The van der Waals surface area contributed by atoms with Crippen LogP contribution in [-0.4, -0.2) is 30.0 Å². The molecule has 0 saturated carbocycles. The van der Waals surface area contributed by atoms with Gasteiger partial charge < -0.3 is 9.84 Å². The molecule has 1 aromatic carbocycles. The number of carbonyl (C=O) groups excluding carboxylic acids is 1. The molecule has 148 valence electrons. The number of nitrogens with one attached hydrogen (secondary N) is 1. The molecule has 0 aliphatic heterocycles. The zero-order chi connectivity index (χ0) is 20.3. The van der Waals surface area contributed by atoms with Crippen LogP contribution >= 0.6 is 0 Å². The van der Waals surface area contributed by atoms with Crippen molar-refractivity contribution in [2.75, 3.05) is 11.1 Å². The van der Waals surface area contributed by atoms with Gasteiger partial charge in [-0.2, -0.15) is 0 Å². The zero-order valence-corrected chi connectivity index (χ0v) is 17.4. The third kappa shape index (κ3) is 5.19. The molecule has 0 atom stereocenters. The van der Waals surface area contributed by atoms with E-state index in [-0.39, 0.29) is 17.0 Å². The third-order valence-corrected chi connectivity index (χ3v) is 7.10. The van der Waals surface area contributed by atoms with E-state index in [0.717, 1.165) is 5.56 Å². The van der Waals surface area contributed by atoms with Gasteiger partial charge in [-0.05, 0) is 32.3 Å². The number of carbonyl (C=O) groups is 1.